The summed E-state index contributed by atoms with van der Waals surface area (Å²) in [6.07, 6.45) is 2.60. The molecular weight excluding hydrogens is 286 g/mol. The van der Waals surface area contributed by atoms with E-state index in [-0.39, 0.29) is 17.0 Å². The van der Waals surface area contributed by atoms with Gasteiger partial charge in [0, 0.05) is 18.4 Å². The maximum atomic E-state index is 5.26. The first-order chi connectivity index (χ1) is 5.43. The van der Waals surface area contributed by atoms with Crippen LogP contribution in [-0.2, 0) is 4.74 Å². The third-order valence-electron chi connectivity index (χ3n) is 1.96. The van der Waals surface area contributed by atoms with Crippen LogP contribution in [0.1, 0.15) is 12.8 Å². The zero-order valence-corrected chi connectivity index (χ0v) is 10.6. The molecule has 0 aromatic heterocycles. The molecule has 4 heteroatoms. The summed E-state index contributed by atoms with van der Waals surface area (Å²) >= 11 is 3.43. The molecule has 0 N–H and O–H groups in total. The molecule has 0 atom stereocenters. The summed E-state index contributed by atoms with van der Waals surface area (Å²) in [5.74, 6) is 0. The topological polar surface area (TPSA) is 12.5 Å². The summed E-state index contributed by atoms with van der Waals surface area (Å²) in [5, 5.41) is 1.14. The molecular formula is C8H17Br2NO. The lowest BCUT2D eigenvalue weighted by atomic mass is 10.3. The van der Waals surface area contributed by atoms with Crippen molar-refractivity contribution in [1.82, 2.24) is 4.90 Å². The summed E-state index contributed by atoms with van der Waals surface area (Å²) in [6.45, 7) is 5.35. The second-order valence-corrected chi connectivity index (χ2v) is 3.64. The molecule has 74 valence electrons. The van der Waals surface area contributed by atoms with Crippen LogP contribution in [-0.4, -0.2) is 43.1 Å². The number of hydrogen-bond acceptors (Lipinski definition) is 2. The lowest BCUT2D eigenvalue weighted by Gasteiger charge is -2.26. The first-order valence-corrected chi connectivity index (χ1v) is 5.41. The van der Waals surface area contributed by atoms with Crippen LogP contribution < -0.4 is 0 Å². The molecule has 1 saturated heterocycles. The summed E-state index contributed by atoms with van der Waals surface area (Å²) < 4.78 is 5.26. The van der Waals surface area contributed by atoms with Gasteiger partial charge in [-0.15, -0.1) is 17.0 Å². The summed E-state index contributed by atoms with van der Waals surface area (Å²) in [7, 11) is 0. The lowest BCUT2D eigenvalue weighted by Crippen LogP contribution is -2.36. The Bertz CT molecular complexity index is 97.1. The van der Waals surface area contributed by atoms with Gasteiger partial charge in [-0.2, -0.15) is 0 Å². The van der Waals surface area contributed by atoms with Crippen LogP contribution in [0.3, 0.4) is 0 Å². The second-order valence-electron chi connectivity index (χ2n) is 2.85. The number of nitrogens with zero attached hydrogens (tertiary/aromatic N) is 1. The van der Waals surface area contributed by atoms with Crippen LogP contribution in [0, 0.1) is 0 Å². The number of halogens is 2. The van der Waals surface area contributed by atoms with Gasteiger partial charge < -0.3 is 4.74 Å². The fourth-order valence-electron chi connectivity index (χ4n) is 1.25. The Balaban J connectivity index is 0.00000121. The van der Waals surface area contributed by atoms with Crippen LogP contribution >= 0.6 is 32.9 Å². The maximum absolute atomic E-state index is 5.26. The predicted octanol–water partition coefficient (Wildman–Crippen LogP) is 2.07. The molecule has 0 saturated carbocycles. The van der Waals surface area contributed by atoms with Gasteiger partial charge in [-0.05, 0) is 19.4 Å². The molecule has 0 radical (unpaired) electrons. The minimum atomic E-state index is 0. The zero-order valence-electron chi connectivity index (χ0n) is 7.30. The van der Waals surface area contributed by atoms with Gasteiger partial charge in [-0.1, -0.05) is 15.9 Å². The van der Waals surface area contributed by atoms with Gasteiger partial charge in [0.15, 0.2) is 0 Å². The first kappa shape index (κ1) is 12.9. The molecule has 0 aromatic rings. The molecule has 1 aliphatic rings. The van der Waals surface area contributed by atoms with Crippen LogP contribution in [0.15, 0.2) is 0 Å². The highest BCUT2D eigenvalue weighted by Crippen LogP contribution is 2.00. The van der Waals surface area contributed by atoms with E-state index in [4.69, 9.17) is 4.74 Å². The minimum Gasteiger partial charge on any atom is -0.379 e. The van der Waals surface area contributed by atoms with Crippen molar-refractivity contribution in [3.05, 3.63) is 0 Å². The largest absolute Gasteiger partial charge is 0.379 e. The number of unbranched alkanes of at least 4 members (excludes halogenated alkanes) is 1. The number of rotatable bonds is 4. The van der Waals surface area contributed by atoms with Crippen LogP contribution in [0.2, 0.25) is 0 Å². The Morgan fingerprint density at radius 2 is 1.83 bits per heavy atom. The predicted molar refractivity (Wildman–Crippen MR) is 60.6 cm³/mol. The lowest BCUT2D eigenvalue weighted by molar-refractivity contribution is 0.0374. The number of morpholine rings is 1. The molecule has 1 fully saturated rings. The highest BCUT2D eigenvalue weighted by atomic mass is 79.9. The van der Waals surface area contributed by atoms with E-state index < -0.39 is 0 Å². The molecule has 0 aliphatic carbocycles. The first-order valence-electron chi connectivity index (χ1n) is 4.29. The van der Waals surface area contributed by atoms with Gasteiger partial charge in [-0.3, -0.25) is 4.90 Å². The molecule has 0 amide bonds. The van der Waals surface area contributed by atoms with Gasteiger partial charge in [0.2, 0.25) is 0 Å². The van der Waals surface area contributed by atoms with Crippen LogP contribution in [0.5, 0.6) is 0 Å². The Labute approximate surface area is 93.5 Å². The van der Waals surface area contributed by atoms with Gasteiger partial charge in [0.1, 0.15) is 0 Å². The van der Waals surface area contributed by atoms with Crippen molar-refractivity contribution in [3.8, 4) is 0 Å². The molecule has 2 nitrogen and oxygen atoms in total. The molecule has 1 heterocycles. The van der Waals surface area contributed by atoms with Crippen molar-refractivity contribution in [2.45, 2.75) is 12.8 Å². The van der Waals surface area contributed by atoms with Gasteiger partial charge in [-0.25, -0.2) is 0 Å². The normalized spacial score (nSPS) is 18.8. The molecule has 0 spiro atoms. The average molecular weight is 303 g/mol. The number of alkyl halides is 1. The fraction of sp³-hybridized carbons (Fsp3) is 1.00. The monoisotopic (exact) mass is 301 g/mol. The Kier molecular flexibility index (Phi) is 9.10. The molecule has 1 aliphatic heterocycles. The van der Waals surface area contributed by atoms with E-state index in [0.717, 1.165) is 31.6 Å². The maximum Gasteiger partial charge on any atom is 0.0594 e. The molecule has 1 rings (SSSR count). The Morgan fingerprint density at radius 1 is 1.17 bits per heavy atom. The van der Waals surface area contributed by atoms with Crippen molar-refractivity contribution in [2.75, 3.05) is 38.2 Å². The third-order valence-corrected chi connectivity index (χ3v) is 2.52. The van der Waals surface area contributed by atoms with E-state index in [1.165, 1.54) is 19.4 Å². The Hall–Kier alpha value is 0.880. The highest BCUT2D eigenvalue weighted by molar-refractivity contribution is 9.09. The van der Waals surface area contributed by atoms with E-state index in [2.05, 4.69) is 20.8 Å². The van der Waals surface area contributed by atoms with Gasteiger partial charge in [0.05, 0.1) is 13.2 Å². The Morgan fingerprint density at radius 3 is 2.42 bits per heavy atom. The molecule has 0 bridgehead atoms. The van der Waals surface area contributed by atoms with E-state index in [9.17, 15) is 0 Å². The summed E-state index contributed by atoms with van der Waals surface area (Å²) in [4.78, 5) is 2.48. The van der Waals surface area contributed by atoms with Crippen molar-refractivity contribution >= 4 is 32.9 Å². The van der Waals surface area contributed by atoms with E-state index in [1.54, 1.807) is 0 Å². The standard InChI is InChI=1S/C8H16BrNO.BrH/c9-3-1-2-4-10-5-7-11-8-6-10;/h1-8H2;1H. The number of ether oxygens (including phenoxy) is 1. The van der Waals surface area contributed by atoms with E-state index >= 15 is 0 Å². The van der Waals surface area contributed by atoms with Crippen LogP contribution in [0.25, 0.3) is 0 Å². The zero-order chi connectivity index (χ0) is 7.94. The number of hydrogen-bond donors (Lipinski definition) is 0. The van der Waals surface area contributed by atoms with Crippen molar-refractivity contribution in [3.63, 3.8) is 0 Å². The quantitative estimate of drug-likeness (QED) is 0.582. The summed E-state index contributed by atoms with van der Waals surface area (Å²) in [5.41, 5.74) is 0. The van der Waals surface area contributed by atoms with E-state index in [0.29, 0.717) is 0 Å². The fourth-order valence-corrected chi connectivity index (χ4v) is 1.65. The minimum absolute atomic E-state index is 0. The van der Waals surface area contributed by atoms with E-state index in [1.807, 2.05) is 0 Å². The molecule has 0 aromatic carbocycles. The smallest absolute Gasteiger partial charge is 0.0594 e. The average Bonchev–Trinajstić information content (AvgIpc) is 2.07. The van der Waals surface area contributed by atoms with Crippen molar-refractivity contribution in [2.24, 2.45) is 0 Å². The SMILES string of the molecule is Br.BrCCCCN1CCOCC1. The van der Waals surface area contributed by atoms with Crippen molar-refractivity contribution in [1.29, 1.82) is 0 Å². The summed E-state index contributed by atoms with van der Waals surface area (Å²) in [6, 6.07) is 0. The van der Waals surface area contributed by atoms with Crippen molar-refractivity contribution < 1.29 is 4.74 Å². The third kappa shape index (κ3) is 5.51. The van der Waals surface area contributed by atoms with Crippen LogP contribution in [0.4, 0.5) is 0 Å². The molecule has 0 unspecified atom stereocenters. The second kappa shape index (κ2) is 8.48. The highest BCUT2D eigenvalue weighted by Gasteiger charge is 2.08. The molecule has 12 heavy (non-hydrogen) atoms. The van der Waals surface area contributed by atoms with Gasteiger partial charge >= 0.3 is 0 Å². The van der Waals surface area contributed by atoms with Gasteiger partial charge in [0.25, 0.3) is 0 Å².